The first-order valence-corrected chi connectivity index (χ1v) is 37.1. The molecule has 0 fully saturated rings. The van der Waals surface area contributed by atoms with Gasteiger partial charge in [0.05, 0.1) is 0 Å². The highest BCUT2D eigenvalue weighted by Crippen LogP contribution is 2.19. The number of esters is 3. The van der Waals surface area contributed by atoms with Crippen LogP contribution in [-0.4, -0.2) is 37.2 Å². The highest BCUT2D eigenvalue weighted by atomic mass is 16.6. The van der Waals surface area contributed by atoms with E-state index in [4.69, 9.17) is 14.2 Å². The number of carbonyl (C=O) groups excluding carboxylic acids is 3. The first-order valence-electron chi connectivity index (χ1n) is 37.1. The van der Waals surface area contributed by atoms with Crippen LogP contribution in [0.1, 0.15) is 406 Å². The van der Waals surface area contributed by atoms with Crippen LogP contribution >= 0.6 is 0 Å². The van der Waals surface area contributed by atoms with Gasteiger partial charge in [0, 0.05) is 19.3 Å². The molecule has 0 aliphatic heterocycles. The van der Waals surface area contributed by atoms with Gasteiger partial charge in [0.15, 0.2) is 6.10 Å². The third-order valence-corrected chi connectivity index (χ3v) is 16.8. The summed E-state index contributed by atoms with van der Waals surface area (Å²) in [4.78, 5) is 38.5. The molecule has 0 N–H and O–H groups in total. The fourth-order valence-electron chi connectivity index (χ4n) is 11.2. The summed E-state index contributed by atoms with van der Waals surface area (Å²) in [6.45, 7) is 6.69. The Balaban J connectivity index is 4.29. The van der Waals surface area contributed by atoms with Crippen molar-refractivity contribution in [2.45, 2.75) is 412 Å². The monoisotopic (exact) mass is 1160 g/mol. The molecule has 6 heteroatoms. The Kier molecular flexibility index (Phi) is 69.6. The molecule has 0 spiro atoms. The second-order valence-corrected chi connectivity index (χ2v) is 25.2. The molecular weight excluding hydrogens is 1020 g/mol. The van der Waals surface area contributed by atoms with Crippen molar-refractivity contribution >= 4 is 17.9 Å². The van der Waals surface area contributed by atoms with E-state index in [1.165, 1.54) is 283 Å². The van der Waals surface area contributed by atoms with Crippen LogP contribution in [-0.2, 0) is 28.6 Å². The second kappa shape index (κ2) is 71.8. The van der Waals surface area contributed by atoms with E-state index in [1.807, 2.05) is 0 Å². The van der Waals surface area contributed by atoms with Crippen molar-refractivity contribution in [1.29, 1.82) is 0 Å². The number of ether oxygens (including phenoxy) is 3. The van der Waals surface area contributed by atoms with E-state index >= 15 is 0 Å². The molecule has 0 heterocycles. The number of allylic oxidation sites excluding steroid dienone is 8. The molecule has 0 amide bonds. The van der Waals surface area contributed by atoms with Gasteiger partial charge < -0.3 is 14.2 Å². The first kappa shape index (κ1) is 80.4. The number of hydrogen-bond acceptors (Lipinski definition) is 6. The van der Waals surface area contributed by atoms with E-state index in [2.05, 4.69) is 69.4 Å². The standard InChI is InChI=1S/C77H142O6/c1-4-7-10-13-16-19-22-25-28-31-33-35-37-38-39-41-42-44-46-49-52-55-58-61-64-67-70-76(79)82-73-74(72-81-75(78)69-66-63-60-57-54-51-48-30-27-24-21-18-15-12-9-6-3)83-77(80)71-68-65-62-59-56-53-50-47-45-43-40-36-34-32-29-26-23-20-17-14-11-8-5-2/h23,26,30,32,34,40,43,48,74H,4-22,24-25,27-29,31,33,35-39,41-42,44-47,49-73H2,1-3H3/b26-23-,34-32-,43-40-,48-30-. The van der Waals surface area contributed by atoms with E-state index in [-0.39, 0.29) is 31.1 Å². The predicted octanol–water partition coefficient (Wildman–Crippen LogP) is 25.7. The predicted molar refractivity (Wildman–Crippen MR) is 362 cm³/mol. The van der Waals surface area contributed by atoms with Gasteiger partial charge in [0.1, 0.15) is 13.2 Å². The van der Waals surface area contributed by atoms with Gasteiger partial charge in [-0.05, 0) is 83.5 Å². The van der Waals surface area contributed by atoms with Crippen LogP contribution in [0.4, 0.5) is 0 Å². The molecule has 0 aromatic heterocycles. The Morgan fingerprint density at radius 1 is 0.241 bits per heavy atom. The molecule has 0 aromatic rings. The fraction of sp³-hybridized carbons (Fsp3) is 0.857. The minimum Gasteiger partial charge on any atom is -0.462 e. The van der Waals surface area contributed by atoms with Crippen molar-refractivity contribution in [2.24, 2.45) is 0 Å². The Labute approximate surface area is 518 Å². The quantitative estimate of drug-likeness (QED) is 0.0261. The van der Waals surface area contributed by atoms with Gasteiger partial charge in [-0.1, -0.05) is 352 Å². The van der Waals surface area contributed by atoms with Crippen molar-refractivity contribution in [3.8, 4) is 0 Å². The summed E-state index contributed by atoms with van der Waals surface area (Å²) in [5, 5.41) is 0. The molecular formula is C77H142O6. The lowest BCUT2D eigenvalue weighted by Gasteiger charge is -2.18. The average molecular weight is 1160 g/mol. The minimum atomic E-state index is -0.781. The van der Waals surface area contributed by atoms with Crippen molar-refractivity contribution in [3.63, 3.8) is 0 Å². The maximum atomic E-state index is 13.0. The lowest BCUT2D eigenvalue weighted by atomic mass is 10.0. The van der Waals surface area contributed by atoms with Gasteiger partial charge in [-0.2, -0.15) is 0 Å². The molecule has 1 unspecified atom stereocenters. The molecule has 486 valence electrons. The van der Waals surface area contributed by atoms with E-state index in [9.17, 15) is 14.4 Å². The topological polar surface area (TPSA) is 78.9 Å². The van der Waals surface area contributed by atoms with Gasteiger partial charge in [0.2, 0.25) is 0 Å². The maximum absolute atomic E-state index is 13.0. The number of carbonyl (C=O) groups is 3. The zero-order valence-electron chi connectivity index (χ0n) is 56.0. The van der Waals surface area contributed by atoms with Crippen molar-refractivity contribution in [2.75, 3.05) is 13.2 Å². The van der Waals surface area contributed by atoms with Crippen molar-refractivity contribution < 1.29 is 28.6 Å². The Hall–Kier alpha value is -2.63. The van der Waals surface area contributed by atoms with Crippen LogP contribution in [0, 0.1) is 0 Å². The third-order valence-electron chi connectivity index (χ3n) is 16.8. The lowest BCUT2D eigenvalue weighted by Crippen LogP contribution is -2.30. The zero-order chi connectivity index (χ0) is 59.9. The van der Waals surface area contributed by atoms with Gasteiger partial charge in [-0.3, -0.25) is 14.4 Å². The third kappa shape index (κ3) is 70.0. The smallest absolute Gasteiger partial charge is 0.306 e. The first-order chi connectivity index (χ1) is 41.0. The summed E-state index contributed by atoms with van der Waals surface area (Å²) in [5.41, 5.74) is 0. The van der Waals surface area contributed by atoms with Gasteiger partial charge >= 0.3 is 17.9 Å². The maximum Gasteiger partial charge on any atom is 0.306 e. The van der Waals surface area contributed by atoms with Crippen LogP contribution in [0.25, 0.3) is 0 Å². The fourth-order valence-corrected chi connectivity index (χ4v) is 11.2. The minimum absolute atomic E-state index is 0.0745. The molecule has 0 radical (unpaired) electrons. The summed E-state index contributed by atoms with van der Waals surface area (Å²) in [5.74, 6) is -0.862. The highest BCUT2D eigenvalue weighted by molar-refractivity contribution is 5.71. The normalized spacial score (nSPS) is 12.3. The average Bonchev–Trinajstić information content (AvgIpc) is 3.50. The van der Waals surface area contributed by atoms with E-state index in [0.717, 1.165) is 83.5 Å². The van der Waals surface area contributed by atoms with Crippen LogP contribution in [0.2, 0.25) is 0 Å². The molecule has 0 bridgehead atoms. The molecule has 1 atom stereocenters. The highest BCUT2D eigenvalue weighted by Gasteiger charge is 2.19. The van der Waals surface area contributed by atoms with E-state index in [1.54, 1.807) is 0 Å². The van der Waals surface area contributed by atoms with E-state index in [0.29, 0.717) is 19.3 Å². The van der Waals surface area contributed by atoms with Crippen molar-refractivity contribution in [3.05, 3.63) is 48.6 Å². The molecule has 83 heavy (non-hydrogen) atoms. The summed E-state index contributed by atoms with van der Waals surface area (Å²) in [7, 11) is 0. The van der Waals surface area contributed by atoms with Gasteiger partial charge in [0.25, 0.3) is 0 Å². The molecule has 0 aromatic carbocycles. The molecule has 0 rings (SSSR count). The summed E-state index contributed by atoms with van der Waals surface area (Å²) >= 11 is 0. The van der Waals surface area contributed by atoms with Gasteiger partial charge in [-0.25, -0.2) is 0 Å². The molecule has 0 saturated carbocycles. The molecule has 0 aliphatic rings. The van der Waals surface area contributed by atoms with E-state index < -0.39 is 6.10 Å². The number of rotatable bonds is 69. The van der Waals surface area contributed by atoms with Crippen molar-refractivity contribution in [1.82, 2.24) is 0 Å². The Bertz CT molecular complexity index is 1430. The number of hydrogen-bond donors (Lipinski definition) is 0. The van der Waals surface area contributed by atoms with Crippen LogP contribution in [0.5, 0.6) is 0 Å². The lowest BCUT2D eigenvalue weighted by molar-refractivity contribution is -0.167. The molecule has 6 nitrogen and oxygen atoms in total. The van der Waals surface area contributed by atoms with Gasteiger partial charge in [-0.15, -0.1) is 0 Å². The Morgan fingerprint density at radius 3 is 0.687 bits per heavy atom. The summed E-state index contributed by atoms with van der Waals surface area (Å²) < 4.78 is 17.0. The summed E-state index contributed by atoms with van der Waals surface area (Å²) in [6.07, 6.45) is 91.5. The largest absolute Gasteiger partial charge is 0.462 e. The van der Waals surface area contributed by atoms with Crippen LogP contribution in [0.15, 0.2) is 48.6 Å². The Morgan fingerprint density at radius 2 is 0.434 bits per heavy atom. The van der Waals surface area contributed by atoms with Crippen LogP contribution < -0.4 is 0 Å². The SMILES string of the molecule is CCCCCCC/C=C\C/C=C\C/C=C\CCCCCCCCCCC(=O)OC(COC(=O)CCCCCCC/C=C\CCCCCCCCC)COC(=O)CCCCCCCCCCCCCCCCCCCCCCCCCCCC. The molecule has 0 saturated heterocycles. The second-order valence-electron chi connectivity index (χ2n) is 25.2. The van der Waals surface area contributed by atoms with Crippen LogP contribution in [0.3, 0.4) is 0 Å². The number of unbranched alkanes of at least 4 members (excludes halogenated alkanes) is 50. The summed E-state index contributed by atoms with van der Waals surface area (Å²) in [6, 6.07) is 0. The molecule has 0 aliphatic carbocycles. The zero-order valence-corrected chi connectivity index (χ0v) is 56.0.